The van der Waals surface area contributed by atoms with E-state index in [1.165, 1.54) is 6.26 Å². The Labute approximate surface area is 132 Å². The van der Waals surface area contributed by atoms with Gasteiger partial charge in [0.15, 0.2) is 0 Å². The SMILES string of the molecule is CCCc1occc1C(=O)NC(C)c1nc(C)c(C(=O)O)s1. The zero-order chi connectivity index (χ0) is 16.3. The predicted octanol–water partition coefficient (Wildman–Crippen LogP) is 3.19. The summed E-state index contributed by atoms with van der Waals surface area (Å²) in [6, 6.07) is 1.27. The summed E-state index contributed by atoms with van der Waals surface area (Å²) in [5, 5.41) is 12.5. The first-order valence-electron chi connectivity index (χ1n) is 7.01. The van der Waals surface area contributed by atoms with Crippen LogP contribution in [0.2, 0.25) is 0 Å². The molecule has 0 saturated heterocycles. The number of thiazole rings is 1. The third-order valence-electron chi connectivity index (χ3n) is 3.19. The van der Waals surface area contributed by atoms with E-state index in [1.54, 1.807) is 19.9 Å². The van der Waals surface area contributed by atoms with E-state index < -0.39 is 5.97 Å². The lowest BCUT2D eigenvalue weighted by atomic mass is 10.1. The van der Waals surface area contributed by atoms with Gasteiger partial charge in [-0.2, -0.15) is 0 Å². The highest BCUT2D eigenvalue weighted by atomic mass is 32.1. The van der Waals surface area contributed by atoms with E-state index in [1.807, 2.05) is 6.92 Å². The van der Waals surface area contributed by atoms with Gasteiger partial charge < -0.3 is 14.8 Å². The lowest BCUT2D eigenvalue weighted by molar-refractivity contribution is 0.0700. The van der Waals surface area contributed by atoms with Crippen LogP contribution < -0.4 is 5.32 Å². The second-order valence-electron chi connectivity index (χ2n) is 4.97. The molecule has 0 fully saturated rings. The fraction of sp³-hybridized carbons (Fsp3) is 0.400. The summed E-state index contributed by atoms with van der Waals surface area (Å²) in [6.07, 6.45) is 3.08. The molecule has 0 aromatic carbocycles. The molecule has 2 N–H and O–H groups in total. The van der Waals surface area contributed by atoms with E-state index >= 15 is 0 Å². The maximum atomic E-state index is 12.3. The smallest absolute Gasteiger partial charge is 0.347 e. The molecule has 7 heteroatoms. The van der Waals surface area contributed by atoms with Gasteiger partial charge in [-0.05, 0) is 26.3 Å². The monoisotopic (exact) mass is 322 g/mol. The summed E-state index contributed by atoms with van der Waals surface area (Å²) >= 11 is 1.08. The van der Waals surface area contributed by atoms with Gasteiger partial charge in [0.1, 0.15) is 15.6 Å². The average molecular weight is 322 g/mol. The number of carboxylic acid groups (broad SMARTS) is 1. The van der Waals surface area contributed by atoms with Crippen LogP contribution in [0.4, 0.5) is 0 Å². The highest BCUT2D eigenvalue weighted by molar-refractivity contribution is 7.13. The summed E-state index contributed by atoms with van der Waals surface area (Å²) in [6.45, 7) is 5.44. The summed E-state index contributed by atoms with van der Waals surface area (Å²) in [5.74, 6) is -0.581. The zero-order valence-corrected chi connectivity index (χ0v) is 13.5. The number of carbonyl (C=O) groups excluding carboxylic acids is 1. The maximum absolute atomic E-state index is 12.3. The molecule has 22 heavy (non-hydrogen) atoms. The number of carboxylic acids is 1. The Hall–Kier alpha value is -2.15. The summed E-state index contributed by atoms with van der Waals surface area (Å²) in [7, 11) is 0. The molecule has 0 bridgehead atoms. The second-order valence-corrected chi connectivity index (χ2v) is 6.01. The molecule has 0 saturated carbocycles. The normalized spacial score (nSPS) is 12.1. The number of carbonyl (C=O) groups is 2. The third-order valence-corrected chi connectivity index (χ3v) is 4.52. The first-order valence-corrected chi connectivity index (χ1v) is 7.83. The van der Waals surface area contributed by atoms with Crippen LogP contribution in [0, 0.1) is 6.92 Å². The van der Waals surface area contributed by atoms with Gasteiger partial charge in [-0.3, -0.25) is 4.79 Å². The van der Waals surface area contributed by atoms with E-state index in [9.17, 15) is 9.59 Å². The molecule has 0 spiro atoms. The molecule has 2 heterocycles. The molecular weight excluding hydrogens is 304 g/mol. The first kappa shape index (κ1) is 16.2. The van der Waals surface area contributed by atoms with Crippen LogP contribution >= 0.6 is 11.3 Å². The second kappa shape index (κ2) is 6.74. The number of aromatic carboxylic acids is 1. The van der Waals surface area contributed by atoms with Gasteiger partial charge >= 0.3 is 5.97 Å². The Morgan fingerprint density at radius 3 is 2.82 bits per heavy atom. The van der Waals surface area contributed by atoms with Crippen LogP contribution in [0.5, 0.6) is 0 Å². The van der Waals surface area contributed by atoms with Crippen molar-refractivity contribution in [2.75, 3.05) is 0 Å². The Bertz CT molecular complexity index is 690. The largest absolute Gasteiger partial charge is 0.477 e. The molecule has 0 radical (unpaired) electrons. The van der Waals surface area contributed by atoms with E-state index in [0.29, 0.717) is 28.4 Å². The van der Waals surface area contributed by atoms with Gasteiger partial charge in [-0.1, -0.05) is 6.92 Å². The van der Waals surface area contributed by atoms with Crippen molar-refractivity contribution >= 4 is 23.2 Å². The molecule has 118 valence electrons. The van der Waals surface area contributed by atoms with Crippen molar-refractivity contribution in [3.63, 3.8) is 0 Å². The van der Waals surface area contributed by atoms with E-state index in [4.69, 9.17) is 9.52 Å². The van der Waals surface area contributed by atoms with Crippen LogP contribution in [-0.2, 0) is 6.42 Å². The number of aromatic nitrogens is 1. The fourth-order valence-electron chi connectivity index (χ4n) is 2.10. The van der Waals surface area contributed by atoms with Crippen LogP contribution in [0.1, 0.15) is 62.8 Å². The minimum Gasteiger partial charge on any atom is -0.477 e. The van der Waals surface area contributed by atoms with E-state index in [-0.39, 0.29) is 16.8 Å². The molecular formula is C15H18N2O4S. The van der Waals surface area contributed by atoms with Gasteiger partial charge in [-0.15, -0.1) is 11.3 Å². The van der Waals surface area contributed by atoms with Gasteiger partial charge in [0.2, 0.25) is 0 Å². The van der Waals surface area contributed by atoms with Gasteiger partial charge in [0.05, 0.1) is 23.6 Å². The van der Waals surface area contributed by atoms with Crippen LogP contribution in [-0.4, -0.2) is 22.0 Å². The lowest BCUT2D eigenvalue weighted by Crippen LogP contribution is -2.27. The molecule has 0 aliphatic heterocycles. The molecule has 0 aliphatic carbocycles. The van der Waals surface area contributed by atoms with E-state index in [2.05, 4.69) is 10.3 Å². The third kappa shape index (κ3) is 3.36. The summed E-state index contributed by atoms with van der Waals surface area (Å²) < 4.78 is 5.32. The molecule has 0 aliphatic rings. The minimum atomic E-state index is -1.00. The number of hydrogen-bond donors (Lipinski definition) is 2. The molecule has 2 rings (SSSR count). The van der Waals surface area contributed by atoms with Crippen LogP contribution in [0.25, 0.3) is 0 Å². The van der Waals surface area contributed by atoms with E-state index in [0.717, 1.165) is 17.8 Å². The maximum Gasteiger partial charge on any atom is 0.347 e. The Kier molecular flexibility index (Phi) is 4.97. The lowest BCUT2D eigenvalue weighted by Gasteiger charge is -2.11. The van der Waals surface area contributed by atoms with Crippen molar-refractivity contribution < 1.29 is 19.1 Å². The molecule has 2 aromatic rings. The van der Waals surface area contributed by atoms with Crippen LogP contribution in [0.3, 0.4) is 0 Å². The number of nitrogens with one attached hydrogen (secondary N) is 1. The Balaban J connectivity index is 2.12. The summed E-state index contributed by atoms with van der Waals surface area (Å²) in [5.41, 5.74) is 0.976. The Morgan fingerprint density at radius 1 is 1.50 bits per heavy atom. The van der Waals surface area contributed by atoms with Crippen LogP contribution in [0.15, 0.2) is 16.7 Å². The van der Waals surface area contributed by atoms with Crippen molar-refractivity contribution in [3.05, 3.63) is 39.2 Å². The summed E-state index contributed by atoms with van der Waals surface area (Å²) in [4.78, 5) is 27.8. The van der Waals surface area contributed by atoms with Gasteiger partial charge in [0.25, 0.3) is 5.91 Å². The van der Waals surface area contributed by atoms with Crippen molar-refractivity contribution in [2.45, 2.75) is 39.7 Å². The molecule has 2 aromatic heterocycles. The standard InChI is InChI=1S/C15H18N2O4S/c1-4-5-11-10(6-7-21-11)13(18)16-9(3)14-17-8(2)12(22-14)15(19)20/h6-7,9H,4-5H2,1-3H3,(H,16,18)(H,19,20). The van der Waals surface area contributed by atoms with Crippen molar-refractivity contribution in [2.24, 2.45) is 0 Å². The zero-order valence-electron chi connectivity index (χ0n) is 12.7. The molecule has 6 nitrogen and oxygen atoms in total. The number of aryl methyl sites for hydroxylation is 2. The molecule has 1 unspecified atom stereocenters. The van der Waals surface area contributed by atoms with Gasteiger partial charge in [0, 0.05) is 6.42 Å². The number of hydrogen-bond acceptors (Lipinski definition) is 5. The average Bonchev–Trinajstić information content (AvgIpc) is 3.05. The Morgan fingerprint density at radius 2 is 2.23 bits per heavy atom. The number of furan rings is 1. The molecule has 1 amide bonds. The quantitative estimate of drug-likeness (QED) is 0.852. The highest BCUT2D eigenvalue weighted by Gasteiger charge is 2.21. The van der Waals surface area contributed by atoms with Crippen molar-refractivity contribution in [3.8, 4) is 0 Å². The van der Waals surface area contributed by atoms with Gasteiger partial charge in [-0.25, -0.2) is 9.78 Å². The molecule has 1 atom stereocenters. The predicted molar refractivity (Wildman–Crippen MR) is 82.4 cm³/mol. The number of nitrogens with zero attached hydrogens (tertiary/aromatic N) is 1. The topological polar surface area (TPSA) is 92.4 Å². The fourth-order valence-corrected chi connectivity index (χ4v) is 3.01. The minimum absolute atomic E-state index is 0.200. The number of amides is 1. The highest BCUT2D eigenvalue weighted by Crippen LogP contribution is 2.24. The first-order chi connectivity index (χ1) is 10.4. The van der Waals surface area contributed by atoms with Crippen molar-refractivity contribution in [1.29, 1.82) is 0 Å². The van der Waals surface area contributed by atoms with Crippen molar-refractivity contribution in [1.82, 2.24) is 10.3 Å². The number of rotatable bonds is 6.